The zero-order chi connectivity index (χ0) is 11.7. The van der Waals surface area contributed by atoms with Gasteiger partial charge in [0.05, 0.1) is 11.9 Å². The van der Waals surface area contributed by atoms with Gasteiger partial charge in [0.15, 0.2) is 0 Å². The van der Waals surface area contributed by atoms with E-state index in [-0.39, 0.29) is 11.8 Å². The van der Waals surface area contributed by atoms with E-state index in [0.717, 1.165) is 6.20 Å². The summed E-state index contributed by atoms with van der Waals surface area (Å²) in [5.41, 5.74) is 6.00. The van der Waals surface area contributed by atoms with Gasteiger partial charge < -0.3 is 10.6 Å². The van der Waals surface area contributed by atoms with Crippen LogP contribution in [0.2, 0.25) is 0 Å². The zero-order valence-corrected chi connectivity index (χ0v) is 10.1. The van der Waals surface area contributed by atoms with E-state index in [1.807, 2.05) is 0 Å². The quantitative estimate of drug-likeness (QED) is 0.834. The highest BCUT2D eigenvalue weighted by Crippen LogP contribution is 2.30. The highest BCUT2D eigenvalue weighted by Gasteiger charge is 2.31. The maximum Gasteiger partial charge on any atom is 0.227 e. The lowest BCUT2D eigenvalue weighted by atomic mass is 10.1. The number of nitrogens with zero attached hydrogens (tertiary/aromatic N) is 2. The van der Waals surface area contributed by atoms with E-state index in [0.29, 0.717) is 29.8 Å². The molecule has 1 unspecified atom stereocenters. The first-order chi connectivity index (χ1) is 7.61. The lowest BCUT2D eigenvalue weighted by molar-refractivity contribution is -0.117. The molecule has 1 saturated heterocycles. The second kappa shape index (κ2) is 4.47. The second-order valence-electron chi connectivity index (χ2n) is 3.77. The summed E-state index contributed by atoms with van der Waals surface area (Å²) >= 11 is 3.21. The minimum Gasteiger partial charge on any atom is -0.330 e. The van der Waals surface area contributed by atoms with Crippen molar-refractivity contribution in [1.29, 1.82) is 0 Å². The lowest BCUT2D eigenvalue weighted by Crippen LogP contribution is -2.26. The van der Waals surface area contributed by atoms with Crippen LogP contribution in [0.5, 0.6) is 0 Å². The summed E-state index contributed by atoms with van der Waals surface area (Å²) < 4.78 is 13.5. The summed E-state index contributed by atoms with van der Waals surface area (Å²) in [5, 5.41) is 0. The van der Waals surface area contributed by atoms with E-state index < -0.39 is 5.82 Å². The number of halogens is 2. The number of pyridine rings is 1. The van der Waals surface area contributed by atoms with E-state index in [2.05, 4.69) is 20.9 Å². The van der Waals surface area contributed by atoms with Gasteiger partial charge in [-0.3, -0.25) is 4.79 Å². The van der Waals surface area contributed by atoms with Gasteiger partial charge in [0.2, 0.25) is 5.91 Å². The molecule has 2 N–H and O–H groups in total. The van der Waals surface area contributed by atoms with Gasteiger partial charge in [-0.05, 0) is 28.4 Å². The van der Waals surface area contributed by atoms with E-state index in [9.17, 15) is 9.18 Å². The second-order valence-corrected chi connectivity index (χ2v) is 4.52. The summed E-state index contributed by atoms with van der Waals surface area (Å²) in [6.45, 7) is 0.988. The monoisotopic (exact) mass is 287 g/mol. The van der Waals surface area contributed by atoms with E-state index in [1.54, 1.807) is 0 Å². The third-order valence-corrected chi connectivity index (χ3v) is 3.23. The summed E-state index contributed by atoms with van der Waals surface area (Å²) in [4.78, 5) is 17.1. The molecule has 1 aliphatic heterocycles. The molecule has 1 aromatic heterocycles. The smallest absolute Gasteiger partial charge is 0.227 e. The lowest BCUT2D eigenvalue weighted by Gasteiger charge is -2.17. The Morgan fingerprint density at radius 3 is 3.06 bits per heavy atom. The molecule has 4 nitrogen and oxygen atoms in total. The molecule has 2 heterocycles. The van der Waals surface area contributed by atoms with Gasteiger partial charge in [0.1, 0.15) is 10.4 Å². The van der Waals surface area contributed by atoms with Crippen LogP contribution in [0.15, 0.2) is 16.9 Å². The Bertz CT molecular complexity index is 427. The fraction of sp³-hybridized carbons (Fsp3) is 0.400. The number of hydrogen-bond donors (Lipinski definition) is 1. The van der Waals surface area contributed by atoms with Crippen molar-refractivity contribution in [2.45, 2.75) is 6.42 Å². The molecule has 6 heteroatoms. The van der Waals surface area contributed by atoms with Crippen molar-refractivity contribution in [2.75, 3.05) is 18.0 Å². The van der Waals surface area contributed by atoms with Crippen LogP contribution in [0, 0.1) is 11.7 Å². The molecule has 0 bridgehead atoms. The highest BCUT2D eigenvalue weighted by molar-refractivity contribution is 9.10. The Labute approximate surface area is 101 Å². The van der Waals surface area contributed by atoms with Crippen LogP contribution in [0.3, 0.4) is 0 Å². The van der Waals surface area contributed by atoms with Crippen molar-refractivity contribution >= 4 is 27.5 Å². The van der Waals surface area contributed by atoms with E-state index in [4.69, 9.17) is 5.73 Å². The molecule has 0 aliphatic carbocycles. The summed E-state index contributed by atoms with van der Waals surface area (Å²) in [6.07, 6.45) is 1.52. The first-order valence-electron chi connectivity index (χ1n) is 4.93. The van der Waals surface area contributed by atoms with Crippen molar-refractivity contribution in [1.82, 2.24) is 4.98 Å². The van der Waals surface area contributed by atoms with Gasteiger partial charge in [-0.2, -0.15) is 0 Å². The summed E-state index contributed by atoms with van der Waals surface area (Å²) in [6, 6.07) is 1.30. The maximum atomic E-state index is 13.1. The molecule has 0 radical (unpaired) electrons. The van der Waals surface area contributed by atoms with Crippen LogP contribution in [0.25, 0.3) is 0 Å². The number of anilines is 1. The third kappa shape index (κ3) is 2.08. The molecule has 2 rings (SSSR count). The molecule has 1 aromatic rings. The summed E-state index contributed by atoms with van der Waals surface area (Å²) in [7, 11) is 0. The van der Waals surface area contributed by atoms with Crippen molar-refractivity contribution in [2.24, 2.45) is 11.7 Å². The first-order valence-corrected chi connectivity index (χ1v) is 5.72. The van der Waals surface area contributed by atoms with Crippen molar-refractivity contribution in [3.8, 4) is 0 Å². The molecule has 1 fully saturated rings. The molecule has 1 amide bonds. The number of nitrogens with two attached hydrogens (primary N) is 1. The van der Waals surface area contributed by atoms with Crippen LogP contribution < -0.4 is 10.6 Å². The number of carbonyl (C=O) groups excluding carboxylic acids is 1. The first kappa shape index (κ1) is 11.5. The largest absolute Gasteiger partial charge is 0.330 e. The fourth-order valence-electron chi connectivity index (χ4n) is 1.77. The number of hydrogen-bond acceptors (Lipinski definition) is 3. The molecule has 0 aromatic carbocycles. The molecular formula is C10H11BrFN3O. The van der Waals surface area contributed by atoms with Crippen LogP contribution in [0.1, 0.15) is 6.42 Å². The predicted octanol–water partition coefficient (Wildman–Crippen LogP) is 1.29. The van der Waals surface area contributed by atoms with Crippen LogP contribution in [-0.2, 0) is 4.79 Å². The van der Waals surface area contributed by atoms with Crippen molar-refractivity contribution in [3.63, 3.8) is 0 Å². The van der Waals surface area contributed by atoms with Gasteiger partial charge in [-0.15, -0.1) is 0 Å². The average molecular weight is 288 g/mol. The Kier molecular flexibility index (Phi) is 3.20. The normalized spacial score (nSPS) is 20.6. The third-order valence-electron chi connectivity index (χ3n) is 2.62. The Morgan fingerprint density at radius 2 is 2.44 bits per heavy atom. The van der Waals surface area contributed by atoms with Crippen molar-refractivity contribution in [3.05, 3.63) is 22.7 Å². The van der Waals surface area contributed by atoms with Gasteiger partial charge in [-0.1, -0.05) is 0 Å². The number of amides is 1. The standard InChI is InChI=1S/C10H11BrFN3O/c11-10-8(2-7(12)4-14-10)15-5-6(3-13)1-9(15)16/h2,4,6H,1,3,5,13H2. The van der Waals surface area contributed by atoms with Gasteiger partial charge in [-0.25, -0.2) is 9.37 Å². The number of carbonyl (C=O) groups is 1. The van der Waals surface area contributed by atoms with Gasteiger partial charge in [0.25, 0.3) is 0 Å². The molecule has 0 saturated carbocycles. The topological polar surface area (TPSA) is 59.2 Å². The molecule has 86 valence electrons. The molecule has 0 spiro atoms. The molecule has 1 aliphatic rings. The van der Waals surface area contributed by atoms with Crippen LogP contribution >= 0.6 is 15.9 Å². The SMILES string of the molecule is NCC1CC(=O)N(c2cc(F)cnc2Br)C1. The average Bonchev–Trinajstić information content (AvgIpc) is 2.63. The van der Waals surface area contributed by atoms with Gasteiger partial charge >= 0.3 is 0 Å². The van der Waals surface area contributed by atoms with E-state index in [1.165, 1.54) is 11.0 Å². The van der Waals surface area contributed by atoms with Crippen molar-refractivity contribution < 1.29 is 9.18 Å². The molecule has 16 heavy (non-hydrogen) atoms. The van der Waals surface area contributed by atoms with E-state index >= 15 is 0 Å². The Balaban J connectivity index is 2.30. The zero-order valence-electron chi connectivity index (χ0n) is 8.49. The highest BCUT2D eigenvalue weighted by atomic mass is 79.9. The molecule has 1 atom stereocenters. The Morgan fingerprint density at radius 1 is 1.69 bits per heavy atom. The maximum absolute atomic E-state index is 13.1. The summed E-state index contributed by atoms with van der Waals surface area (Å²) in [5.74, 6) is -0.353. The molecular weight excluding hydrogens is 277 g/mol. The number of rotatable bonds is 2. The minimum absolute atomic E-state index is 0.0384. The van der Waals surface area contributed by atoms with Crippen LogP contribution in [-0.4, -0.2) is 24.0 Å². The Hall–Kier alpha value is -1.01. The minimum atomic E-state index is -0.456. The van der Waals surface area contributed by atoms with Gasteiger partial charge in [0, 0.05) is 19.0 Å². The number of aromatic nitrogens is 1. The predicted molar refractivity (Wildman–Crippen MR) is 61.4 cm³/mol. The van der Waals surface area contributed by atoms with Crippen LogP contribution in [0.4, 0.5) is 10.1 Å². The fourth-order valence-corrected chi connectivity index (χ4v) is 2.20.